The summed E-state index contributed by atoms with van der Waals surface area (Å²) in [5.41, 5.74) is 0.973. The van der Waals surface area contributed by atoms with Crippen LogP contribution in [0.3, 0.4) is 0 Å². The predicted octanol–water partition coefficient (Wildman–Crippen LogP) is 5.81. The van der Waals surface area contributed by atoms with Gasteiger partial charge in [-0.15, -0.1) is 0 Å². The highest BCUT2D eigenvalue weighted by Gasteiger charge is 2.08. The molecule has 0 atom stereocenters. The first-order chi connectivity index (χ1) is 12.2. The summed E-state index contributed by atoms with van der Waals surface area (Å²) in [6.45, 7) is 9.80. The van der Waals surface area contributed by atoms with Crippen LogP contribution in [-0.2, 0) is 0 Å². The third kappa shape index (κ3) is 6.31. The fraction of sp³-hybridized carbons (Fsp3) is 0.333. The standard InChI is InChI=1S/C21H23NO3/c1-3-4-5-6-7-16-24-19-12-8-17(9-13-19)21(23)25-20-14-10-18(22-2)11-15-20/h8-15H,3-7,16H2,1H3. The first-order valence-corrected chi connectivity index (χ1v) is 8.65. The van der Waals surface area contributed by atoms with Crippen LogP contribution in [0.2, 0.25) is 0 Å². The highest BCUT2D eigenvalue weighted by atomic mass is 16.5. The number of esters is 1. The summed E-state index contributed by atoms with van der Waals surface area (Å²) >= 11 is 0. The Labute approximate surface area is 149 Å². The van der Waals surface area contributed by atoms with Gasteiger partial charge >= 0.3 is 5.97 Å². The van der Waals surface area contributed by atoms with E-state index in [4.69, 9.17) is 16.0 Å². The summed E-state index contributed by atoms with van der Waals surface area (Å²) in [6, 6.07) is 13.4. The second kappa shape index (κ2) is 10.1. The van der Waals surface area contributed by atoms with Crippen molar-refractivity contribution in [3.8, 4) is 11.5 Å². The van der Waals surface area contributed by atoms with Crippen LogP contribution in [0.15, 0.2) is 48.5 Å². The van der Waals surface area contributed by atoms with Crippen LogP contribution in [0.1, 0.15) is 49.4 Å². The van der Waals surface area contributed by atoms with Crippen LogP contribution < -0.4 is 9.47 Å². The van der Waals surface area contributed by atoms with Gasteiger partial charge in [0.1, 0.15) is 11.5 Å². The average molecular weight is 337 g/mol. The molecule has 4 nitrogen and oxygen atoms in total. The van der Waals surface area contributed by atoms with Crippen LogP contribution in [0.4, 0.5) is 5.69 Å². The third-order valence-corrected chi connectivity index (χ3v) is 3.78. The van der Waals surface area contributed by atoms with Crippen LogP contribution in [0.25, 0.3) is 4.85 Å². The maximum atomic E-state index is 12.1. The molecular formula is C21H23NO3. The van der Waals surface area contributed by atoms with E-state index in [9.17, 15) is 4.79 Å². The smallest absolute Gasteiger partial charge is 0.343 e. The van der Waals surface area contributed by atoms with E-state index < -0.39 is 5.97 Å². The highest BCUT2D eigenvalue weighted by molar-refractivity contribution is 5.91. The van der Waals surface area contributed by atoms with Crippen molar-refractivity contribution in [2.24, 2.45) is 0 Å². The molecule has 25 heavy (non-hydrogen) atoms. The first kappa shape index (κ1) is 18.5. The maximum Gasteiger partial charge on any atom is 0.343 e. The van der Waals surface area contributed by atoms with Gasteiger partial charge in [-0.3, -0.25) is 0 Å². The third-order valence-electron chi connectivity index (χ3n) is 3.78. The summed E-state index contributed by atoms with van der Waals surface area (Å²) in [6.07, 6.45) is 6.00. The Kier molecular flexibility index (Phi) is 7.52. The molecule has 0 saturated heterocycles. The Morgan fingerprint density at radius 2 is 1.56 bits per heavy atom. The van der Waals surface area contributed by atoms with Gasteiger partial charge in [0.05, 0.1) is 18.7 Å². The summed E-state index contributed by atoms with van der Waals surface area (Å²) in [7, 11) is 0. The van der Waals surface area contributed by atoms with Crippen molar-refractivity contribution in [3.63, 3.8) is 0 Å². The van der Waals surface area contributed by atoms with E-state index in [1.807, 2.05) is 0 Å². The van der Waals surface area contributed by atoms with Crippen molar-refractivity contribution in [1.82, 2.24) is 0 Å². The maximum absolute atomic E-state index is 12.1. The zero-order valence-corrected chi connectivity index (χ0v) is 14.5. The lowest BCUT2D eigenvalue weighted by Gasteiger charge is -2.07. The Morgan fingerprint density at radius 1 is 0.920 bits per heavy atom. The van der Waals surface area contributed by atoms with Gasteiger partial charge in [0.25, 0.3) is 0 Å². The number of hydrogen-bond acceptors (Lipinski definition) is 3. The van der Waals surface area contributed by atoms with E-state index in [1.165, 1.54) is 25.7 Å². The van der Waals surface area contributed by atoms with E-state index in [0.717, 1.165) is 12.2 Å². The Balaban J connectivity index is 1.80. The molecule has 2 rings (SSSR count). The summed E-state index contributed by atoms with van der Waals surface area (Å²) < 4.78 is 11.0. The van der Waals surface area contributed by atoms with Crippen molar-refractivity contribution in [2.75, 3.05) is 6.61 Å². The number of unbranched alkanes of at least 4 members (excludes halogenated alkanes) is 4. The fourth-order valence-corrected chi connectivity index (χ4v) is 2.34. The molecule has 0 bridgehead atoms. The second-order valence-corrected chi connectivity index (χ2v) is 5.78. The molecule has 4 heteroatoms. The molecule has 0 aliphatic heterocycles. The molecule has 0 N–H and O–H groups in total. The largest absolute Gasteiger partial charge is 0.494 e. The van der Waals surface area contributed by atoms with Crippen molar-refractivity contribution >= 4 is 11.7 Å². The van der Waals surface area contributed by atoms with Crippen LogP contribution >= 0.6 is 0 Å². The number of ether oxygens (including phenoxy) is 2. The zero-order valence-electron chi connectivity index (χ0n) is 14.5. The molecule has 0 unspecified atom stereocenters. The monoisotopic (exact) mass is 337 g/mol. The molecule has 0 aliphatic carbocycles. The van der Waals surface area contributed by atoms with E-state index in [2.05, 4.69) is 11.8 Å². The molecule has 0 fully saturated rings. The van der Waals surface area contributed by atoms with Gasteiger partial charge in [-0.2, -0.15) is 0 Å². The Morgan fingerprint density at radius 3 is 2.20 bits per heavy atom. The van der Waals surface area contributed by atoms with Gasteiger partial charge < -0.3 is 9.47 Å². The summed E-state index contributed by atoms with van der Waals surface area (Å²) in [5.74, 6) is 0.750. The summed E-state index contributed by atoms with van der Waals surface area (Å²) in [5, 5.41) is 0. The van der Waals surface area contributed by atoms with Crippen LogP contribution in [-0.4, -0.2) is 12.6 Å². The van der Waals surface area contributed by atoms with Gasteiger partial charge in [0, 0.05) is 0 Å². The molecule has 0 spiro atoms. The zero-order chi connectivity index (χ0) is 17.9. The lowest BCUT2D eigenvalue weighted by atomic mass is 10.2. The second-order valence-electron chi connectivity index (χ2n) is 5.78. The number of carbonyl (C=O) groups excluding carboxylic acids is 1. The van der Waals surface area contributed by atoms with Gasteiger partial charge in [0.15, 0.2) is 5.69 Å². The lowest BCUT2D eigenvalue weighted by molar-refractivity contribution is 0.0734. The SMILES string of the molecule is [C-]#[N+]c1ccc(OC(=O)c2ccc(OCCCCCCC)cc2)cc1. The van der Waals surface area contributed by atoms with E-state index >= 15 is 0 Å². The van der Waals surface area contributed by atoms with Gasteiger partial charge in [0.2, 0.25) is 0 Å². The number of hydrogen-bond donors (Lipinski definition) is 0. The molecule has 0 aromatic heterocycles. The van der Waals surface area contributed by atoms with Crippen molar-refractivity contribution < 1.29 is 14.3 Å². The van der Waals surface area contributed by atoms with E-state index in [0.29, 0.717) is 23.6 Å². The Hall–Kier alpha value is -2.80. The molecule has 130 valence electrons. The van der Waals surface area contributed by atoms with Crippen molar-refractivity contribution in [2.45, 2.75) is 39.0 Å². The molecule has 2 aromatic rings. The summed E-state index contributed by atoms with van der Waals surface area (Å²) in [4.78, 5) is 15.4. The van der Waals surface area contributed by atoms with Crippen molar-refractivity contribution in [3.05, 3.63) is 65.5 Å². The van der Waals surface area contributed by atoms with Gasteiger partial charge in [-0.25, -0.2) is 9.64 Å². The van der Waals surface area contributed by atoms with Crippen LogP contribution in [0.5, 0.6) is 11.5 Å². The molecule has 0 aliphatic rings. The number of nitrogens with zero attached hydrogens (tertiary/aromatic N) is 1. The molecule has 2 aromatic carbocycles. The topological polar surface area (TPSA) is 39.9 Å². The minimum absolute atomic E-state index is 0.421. The molecule has 0 radical (unpaired) electrons. The predicted molar refractivity (Wildman–Crippen MR) is 98.4 cm³/mol. The normalized spacial score (nSPS) is 10.1. The quantitative estimate of drug-likeness (QED) is 0.251. The minimum Gasteiger partial charge on any atom is -0.494 e. The van der Waals surface area contributed by atoms with Crippen LogP contribution in [0, 0.1) is 6.57 Å². The highest BCUT2D eigenvalue weighted by Crippen LogP contribution is 2.20. The molecule has 0 saturated carbocycles. The molecule has 0 heterocycles. The minimum atomic E-state index is -0.429. The number of benzene rings is 2. The Bertz CT molecular complexity index is 699. The molecule has 0 amide bonds. The first-order valence-electron chi connectivity index (χ1n) is 8.65. The number of rotatable bonds is 9. The average Bonchev–Trinajstić information content (AvgIpc) is 2.65. The van der Waals surface area contributed by atoms with Crippen molar-refractivity contribution in [1.29, 1.82) is 0 Å². The molecular weight excluding hydrogens is 314 g/mol. The van der Waals surface area contributed by atoms with Gasteiger partial charge in [-0.1, -0.05) is 44.7 Å². The number of carbonyl (C=O) groups is 1. The van der Waals surface area contributed by atoms with Gasteiger partial charge in [-0.05, 0) is 42.8 Å². The lowest BCUT2D eigenvalue weighted by Crippen LogP contribution is -2.08. The van der Waals surface area contributed by atoms with E-state index in [1.54, 1.807) is 48.5 Å². The fourth-order valence-electron chi connectivity index (χ4n) is 2.34. The van der Waals surface area contributed by atoms with E-state index in [-0.39, 0.29) is 0 Å².